The van der Waals surface area contributed by atoms with E-state index < -0.39 is 0 Å². The van der Waals surface area contributed by atoms with E-state index in [1.807, 2.05) is 0 Å². The molecule has 9 heavy (non-hydrogen) atoms. The van der Waals surface area contributed by atoms with Gasteiger partial charge in [-0.3, -0.25) is 0 Å². The van der Waals surface area contributed by atoms with Crippen LogP contribution < -0.4 is 0 Å². The number of rotatable bonds is 0. The minimum Gasteiger partial charge on any atom is -0.0828 e. The van der Waals surface area contributed by atoms with Crippen LogP contribution in [0.5, 0.6) is 0 Å². The molecular weight excluding hydrogens is 176 g/mol. The SMILES string of the molecule is CC1=CC=CCC1(C)Br. The van der Waals surface area contributed by atoms with Crippen molar-refractivity contribution in [2.75, 3.05) is 0 Å². The van der Waals surface area contributed by atoms with Crippen molar-refractivity contribution in [3.05, 3.63) is 23.8 Å². The minimum absolute atomic E-state index is 0.224. The first-order valence-electron chi connectivity index (χ1n) is 3.16. The predicted octanol–water partition coefficient (Wildman–Crippen LogP) is 3.05. The standard InChI is InChI=1S/C8H11Br/c1-7-5-3-4-6-8(7,2)9/h3-5H,6H2,1-2H3. The summed E-state index contributed by atoms with van der Waals surface area (Å²) in [6, 6.07) is 0. The summed E-state index contributed by atoms with van der Waals surface area (Å²) in [7, 11) is 0. The Morgan fingerprint density at radius 2 is 2.33 bits per heavy atom. The van der Waals surface area contributed by atoms with Crippen molar-refractivity contribution in [2.24, 2.45) is 0 Å². The Balaban J connectivity index is 2.83. The maximum Gasteiger partial charge on any atom is 0.0472 e. The van der Waals surface area contributed by atoms with E-state index in [9.17, 15) is 0 Å². The van der Waals surface area contributed by atoms with Gasteiger partial charge in [0.15, 0.2) is 0 Å². The smallest absolute Gasteiger partial charge is 0.0472 e. The van der Waals surface area contributed by atoms with Gasteiger partial charge in [-0.05, 0) is 20.3 Å². The van der Waals surface area contributed by atoms with Gasteiger partial charge in [0.1, 0.15) is 0 Å². The number of hydrogen-bond donors (Lipinski definition) is 0. The average molecular weight is 187 g/mol. The highest BCUT2D eigenvalue weighted by atomic mass is 79.9. The van der Waals surface area contributed by atoms with Crippen LogP contribution in [0.1, 0.15) is 20.3 Å². The third-order valence-corrected chi connectivity index (χ3v) is 2.75. The second kappa shape index (κ2) is 2.30. The van der Waals surface area contributed by atoms with E-state index in [0.717, 1.165) is 6.42 Å². The van der Waals surface area contributed by atoms with Gasteiger partial charge >= 0.3 is 0 Å². The summed E-state index contributed by atoms with van der Waals surface area (Å²) in [5.74, 6) is 0. The lowest BCUT2D eigenvalue weighted by atomic mass is 9.95. The lowest BCUT2D eigenvalue weighted by Gasteiger charge is -2.23. The average Bonchev–Trinajstić information content (AvgIpc) is 1.77. The molecule has 0 radical (unpaired) electrons. The van der Waals surface area contributed by atoms with Crippen molar-refractivity contribution in [3.63, 3.8) is 0 Å². The molecule has 1 unspecified atom stereocenters. The zero-order valence-electron chi connectivity index (χ0n) is 5.82. The van der Waals surface area contributed by atoms with Crippen LogP contribution in [-0.2, 0) is 0 Å². The van der Waals surface area contributed by atoms with E-state index in [4.69, 9.17) is 0 Å². The lowest BCUT2D eigenvalue weighted by Crippen LogP contribution is -2.17. The van der Waals surface area contributed by atoms with Crippen LogP contribution in [0.4, 0.5) is 0 Å². The predicted molar refractivity (Wildman–Crippen MR) is 44.8 cm³/mol. The summed E-state index contributed by atoms with van der Waals surface area (Å²) in [5, 5.41) is 0. The van der Waals surface area contributed by atoms with Crippen molar-refractivity contribution in [1.29, 1.82) is 0 Å². The van der Waals surface area contributed by atoms with Gasteiger partial charge in [-0.1, -0.05) is 39.7 Å². The molecule has 0 saturated heterocycles. The quantitative estimate of drug-likeness (QED) is 0.511. The van der Waals surface area contributed by atoms with Gasteiger partial charge in [0.2, 0.25) is 0 Å². The third-order valence-electron chi connectivity index (χ3n) is 1.81. The fourth-order valence-corrected chi connectivity index (χ4v) is 1.16. The van der Waals surface area contributed by atoms with E-state index in [-0.39, 0.29) is 4.32 Å². The minimum atomic E-state index is 0.224. The van der Waals surface area contributed by atoms with Gasteiger partial charge in [0.05, 0.1) is 0 Å². The molecule has 0 aliphatic heterocycles. The van der Waals surface area contributed by atoms with Gasteiger partial charge in [0, 0.05) is 4.32 Å². The zero-order chi connectivity index (χ0) is 6.91. The molecule has 1 aliphatic carbocycles. The van der Waals surface area contributed by atoms with Crippen LogP contribution in [0, 0.1) is 0 Å². The second-order valence-electron chi connectivity index (χ2n) is 2.68. The van der Waals surface area contributed by atoms with Crippen LogP contribution in [0.15, 0.2) is 23.8 Å². The van der Waals surface area contributed by atoms with Crippen LogP contribution in [0.3, 0.4) is 0 Å². The van der Waals surface area contributed by atoms with Gasteiger partial charge in [-0.15, -0.1) is 0 Å². The summed E-state index contributed by atoms with van der Waals surface area (Å²) in [5.41, 5.74) is 1.41. The van der Waals surface area contributed by atoms with E-state index in [1.165, 1.54) is 5.57 Å². The third kappa shape index (κ3) is 1.45. The Labute approximate surface area is 64.8 Å². The van der Waals surface area contributed by atoms with Crippen molar-refractivity contribution in [1.82, 2.24) is 0 Å². The summed E-state index contributed by atoms with van der Waals surface area (Å²) < 4.78 is 0.224. The largest absolute Gasteiger partial charge is 0.0828 e. The highest BCUT2D eigenvalue weighted by Gasteiger charge is 2.21. The van der Waals surface area contributed by atoms with Gasteiger partial charge in [0.25, 0.3) is 0 Å². The van der Waals surface area contributed by atoms with Crippen LogP contribution in [-0.4, -0.2) is 4.32 Å². The Morgan fingerprint density at radius 1 is 1.67 bits per heavy atom. The van der Waals surface area contributed by atoms with Crippen LogP contribution in [0.25, 0.3) is 0 Å². The molecule has 0 amide bonds. The summed E-state index contributed by atoms with van der Waals surface area (Å²) in [6.45, 7) is 4.35. The molecule has 0 aromatic heterocycles. The van der Waals surface area contributed by atoms with Crippen molar-refractivity contribution >= 4 is 15.9 Å². The Bertz CT molecular complexity index is 163. The van der Waals surface area contributed by atoms with Gasteiger partial charge in [-0.25, -0.2) is 0 Å². The lowest BCUT2D eigenvalue weighted by molar-refractivity contribution is 0.762. The first-order valence-corrected chi connectivity index (χ1v) is 3.95. The molecule has 0 bridgehead atoms. The molecule has 0 aromatic carbocycles. The highest BCUT2D eigenvalue weighted by molar-refractivity contribution is 9.10. The molecule has 1 rings (SSSR count). The second-order valence-corrected chi connectivity index (χ2v) is 4.43. The van der Waals surface area contributed by atoms with Crippen LogP contribution in [0.2, 0.25) is 0 Å². The maximum atomic E-state index is 3.64. The number of allylic oxidation sites excluding steroid dienone is 4. The molecule has 0 saturated carbocycles. The first-order chi connectivity index (χ1) is 4.13. The van der Waals surface area contributed by atoms with Gasteiger partial charge in [-0.2, -0.15) is 0 Å². The zero-order valence-corrected chi connectivity index (χ0v) is 7.40. The highest BCUT2D eigenvalue weighted by Crippen LogP contribution is 2.32. The summed E-state index contributed by atoms with van der Waals surface area (Å²) >= 11 is 3.64. The Kier molecular flexibility index (Phi) is 1.80. The number of halogens is 1. The molecule has 0 N–H and O–H groups in total. The molecular formula is C8H11Br. The van der Waals surface area contributed by atoms with E-state index in [2.05, 4.69) is 48.0 Å². The molecule has 1 aliphatic rings. The fraction of sp³-hybridized carbons (Fsp3) is 0.500. The van der Waals surface area contributed by atoms with Gasteiger partial charge < -0.3 is 0 Å². The summed E-state index contributed by atoms with van der Waals surface area (Å²) in [6.07, 6.45) is 7.55. The molecule has 0 aromatic rings. The summed E-state index contributed by atoms with van der Waals surface area (Å²) in [4.78, 5) is 0. The normalized spacial score (nSPS) is 34.3. The number of alkyl halides is 1. The van der Waals surface area contributed by atoms with E-state index in [1.54, 1.807) is 0 Å². The molecule has 0 nitrogen and oxygen atoms in total. The maximum absolute atomic E-state index is 3.64. The molecule has 50 valence electrons. The van der Waals surface area contributed by atoms with Crippen molar-refractivity contribution in [3.8, 4) is 0 Å². The molecule has 0 heterocycles. The van der Waals surface area contributed by atoms with E-state index in [0.29, 0.717) is 0 Å². The molecule has 1 heteroatoms. The molecule has 0 fully saturated rings. The monoisotopic (exact) mass is 186 g/mol. The Morgan fingerprint density at radius 3 is 2.67 bits per heavy atom. The first kappa shape index (κ1) is 7.07. The molecule has 1 atom stereocenters. The Hall–Kier alpha value is -0.0400. The fourth-order valence-electron chi connectivity index (χ4n) is 0.836. The van der Waals surface area contributed by atoms with Crippen molar-refractivity contribution < 1.29 is 0 Å². The van der Waals surface area contributed by atoms with E-state index >= 15 is 0 Å². The van der Waals surface area contributed by atoms with Crippen molar-refractivity contribution in [2.45, 2.75) is 24.6 Å². The number of hydrogen-bond acceptors (Lipinski definition) is 0. The topological polar surface area (TPSA) is 0 Å². The molecule has 0 spiro atoms. The van der Waals surface area contributed by atoms with Crippen LogP contribution >= 0.6 is 15.9 Å².